The number of ether oxygens (including phenoxy) is 1. The van der Waals surface area contributed by atoms with Crippen molar-refractivity contribution < 1.29 is 31.1 Å². The maximum Gasteiger partial charge on any atom is 0.275 e. The molecule has 11 nitrogen and oxygen atoms in total. The lowest BCUT2D eigenvalue weighted by molar-refractivity contribution is 0.102. The van der Waals surface area contributed by atoms with Gasteiger partial charge in [0.15, 0.2) is 33.2 Å². The van der Waals surface area contributed by atoms with Gasteiger partial charge in [-0.1, -0.05) is 11.8 Å². The van der Waals surface area contributed by atoms with Crippen LogP contribution in [0.1, 0.15) is 28.9 Å². The Bertz CT molecular complexity index is 1370. The molecule has 0 bridgehead atoms. The summed E-state index contributed by atoms with van der Waals surface area (Å²) in [4.78, 5) is 28.1. The number of oxazole rings is 1. The Morgan fingerprint density at radius 3 is 2.61 bits per heavy atom. The van der Waals surface area contributed by atoms with Gasteiger partial charge in [-0.3, -0.25) is 9.79 Å². The molecule has 15 heteroatoms. The maximum atomic E-state index is 14.6. The van der Waals surface area contributed by atoms with Crippen LogP contribution in [0.25, 0.3) is 0 Å². The minimum absolute atomic E-state index is 0.00526. The number of hydrogen-bond donors (Lipinski definition) is 2. The molecule has 1 aromatic carbocycles. The summed E-state index contributed by atoms with van der Waals surface area (Å²) in [5, 5.41) is 2.36. The molecular weight excluding hydrogens is 518 g/mol. The van der Waals surface area contributed by atoms with Crippen molar-refractivity contribution >= 4 is 38.4 Å². The first-order valence-electron chi connectivity index (χ1n) is 10.1. The van der Waals surface area contributed by atoms with Crippen LogP contribution in [0.2, 0.25) is 0 Å². The van der Waals surface area contributed by atoms with E-state index in [0.29, 0.717) is 17.7 Å². The van der Waals surface area contributed by atoms with E-state index in [2.05, 4.69) is 25.3 Å². The quantitative estimate of drug-likeness (QED) is 0.305. The van der Waals surface area contributed by atoms with Gasteiger partial charge in [0.1, 0.15) is 16.0 Å². The summed E-state index contributed by atoms with van der Waals surface area (Å²) in [5.74, 6) is -2.86. The second-order valence-corrected chi connectivity index (χ2v) is 11.8. The molecule has 0 spiro atoms. The number of thioether (sulfide) groups is 1. The Kier molecular flexibility index (Phi) is 8.24. The molecule has 0 saturated heterocycles. The van der Waals surface area contributed by atoms with Gasteiger partial charge in [0.2, 0.25) is 11.8 Å². The molecular formula is C21H22F2N6O5S2. The maximum absolute atomic E-state index is 14.6. The summed E-state index contributed by atoms with van der Waals surface area (Å²) in [6.45, 7) is 1.33. The standard InChI is InChI=1S/C21H22F2N6O5S2/c1-21(36(3,31)32,35-20(24)25-2)8-12-6-13(7-14(22)18(12)23)29-19(30)15-9-28-16(10-27-15)34-11-17-26-4-5-33-17/h4-7,9-10H,8,11H2,1-3H3,(H2,24,25)(H,29,30)/t21-/m0/s1. The van der Waals surface area contributed by atoms with Gasteiger partial charge in [-0.15, -0.1) is 0 Å². The summed E-state index contributed by atoms with van der Waals surface area (Å²) in [6.07, 6.45) is 5.68. The zero-order chi connectivity index (χ0) is 26.5. The number of carbonyl (C=O) groups is 1. The number of nitrogens with one attached hydrogen (secondary N) is 1. The summed E-state index contributed by atoms with van der Waals surface area (Å²) < 4.78 is 62.6. The van der Waals surface area contributed by atoms with E-state index < -0.39 is 37.9 Å². The topological polar surface area (TPSA) is 163 Å². The number of halogens is 2. The van der Waals surface area contributed by atoms with E-state index in [0.717, 1.165) is 24.6 Å². The van der Waals surface area contributed by atoms with E-state index in [1.165, 1.54) is 32.6 Å². The Labute approximate surface area is 209 Å². The molecule has 2 heterocycles. The Morgan fingerprint density at radius 2 is 2.03 bits per heavy atom. The fourth-order valence-electron chi connectivity index (χ4n) is 2.87. The predicted octanol–water partition coefficient (Wildman–Crippen LogP) is 2.56. The molecule has 3 aromatic rings. The van der Waals surface area contributed by atoms with Gasteiger partial charge in [-0.25, -0.2) is 32.2 Å². The zero-order valence-electron chi connectivity index (χ0n) is 19.4. The molecule has 0 aliphatic carbocycles. The van der Waals surface area contributed by atoms with E-state index in [9.17, 15) is 22.0 Å². The third-order valence-corrected chi connectivity index (χ3v) is 8.73. The Morgan fingerprint density at radius 1 is 1.28 bits per heavy atom. The van der Waals surface area contributed by atoms with Crippen molar-refractivity contribution in [3.8, 4) is 5.88 Å². The number of hydrogen-bond acceptors (Lipinski definition) is 10. The molecule has 0 fully saturated rings. The van der Waals surface area contributed by atoms with Crippen LogP contribution in [0.15, 0.2) is 46.4 Å². The fourth-order valence-corrected chi connectivity index (χ4v) is 4.91. The van der Waals surface area contributed by atoms with Gasteiger partial charge < -0.3 is 20.2 Å². The summed E-state index contributed by atoms with van der Waals surface area (Å²) in [5.41, 5.74) is 5.16. The lowest BCUT2D eigenvalue weighted by atomic mass is 10.1. The average Bonchev–Trinajstić information content (AvgIpc) is 3.34. The van der Waals surface area contributed by atoms with Crippen LogP contribution in [0.3, 0.4) is 0 Å². The molecule has 3 N–H and O–H groups in total. The van der Waals surface area contributed by atoms with Crippen LogP contribution < -0.4 is 15.8 Å². The van der Waals surface area contributed by atoms with E-state index in [4.69, 9.17) is 14.9 Å². The number of nitrogens with two attached hydrogens (primary N) is 1. The first kappa shape index (κ1) is 27.0. The first-order valence-corrected chi connectivity index (χ1v) is 12.9. The monoisotopic (exact) mass is 540 g/mol. The Hall–Kier alpha value is -3.59. The van der Waals surface area contributed by atoms with Crippen LogP contribution >= 0.6 is 11.8 Å². The molecule has 3 rings (SSSR count). The molecule has 0 aliphatic rings. The molecule has 0 radical (unpaired) electrons. The molecule has 36 heavy (non-hydrogen) atoms. The number of amidine groups is 1. The average molecular weight is 541 g/mol. The highest BCUT2D eigenvalue weighted by Gasteiger charge is 2.39. The number of benzene rings is 1. The summed E-state index contributed by atoms with van der Waals surface area (Å²) in [6, 6.07) is 1.91. The fraction of sp³-hybridized carbons (Fsp3) is 0.286. The minimum Gasteiger partial charge on any atom is -0.467 e. The van der Waals surface area contributed by atoms with E-state index in [1.807, 2.05) is 0 Å². The highest BCUT2D eigenvalue weighted by atomic mass is 32.3. The van der Waals surface area contributed by atoms with Crippen molar-refractivity contribution in [1.82, 2.24) is 15.0 Å². The van der Waals surface area contributed by atoms with Crippen LogP contribution in [0.4, 0.5) is 14.5 Å². The third-order valence-electron chi connectivity index (χ3n) is 4.89. The van der Waals surface area contributed by atoms with Crippen LogP contribution in [0, 0.1) is 11.6 Å². The highest BCUT2D eigenvalue weighted by Crippen LogP contribution is 2.36. The van der Waals surface area contributed by atoms with Gasteiger partial charge in [0.05, 0.1) is 18.6 Å². The van der Waals surface area contributed by atoms with Crippen LogP contribution in [0.5, 0.6) is 5.88 Å². The van der Waals surface area contributed by atoms with Gasteiger partial charge in [0, 0.05) is 31.5 Å². The van der Waals surface area contributed by atoms with Crippen molar-refractivity contribution in [3.63, 3.8) is 0 Å². The van der Waals surface area contributed by atoms with Gasteiger partial charge >= 0.3 is 0 Å². The minimum atomic E-state index is -3.81. The summed E-state index contributed by atoms with van der Waals surface area (Å²) in [7, 11) is -2.44. The molecule has 0 aliphatic heterocycles. The predicted molar refractivity (Wildman–Crippen MR) is 129 cm³/mol. The van der Waals surface area contributed by atoms with Gasteiger partial charge in [-0.2, -0.15) is 0 Å². The highest BCUT2D eigenvalue weighted by molar-refractivity contribution is 8.23. The largest absolute Gasteiger partial charge is 0.467 e. The number of carbonyl (C=O) groups excluding carboxylic acids is 1. The number of amides is 1. The van der Waals surface area contributed by atoms with Gasteiger partial charge in [-0.05, 0) is 18.6 Å². The van der Waals surface area contributed by atoms with Crippen molar-refractivity contribution in [3.05, 3.63) is 65.8 Å². The van der Waals surface area contributed by atoms with E-state index in [-0.39, 0.29) is 34.6 Å². The lowest BCUT2D eigenvalue weighted by Gasteiger charge is -2.27. The number of rotatable bonds is 9. The van der Waals surface area contributed by atoms with Crippen LogP contribution in [-0.2, 0) is 22.9 Å². The van der Waals surface area contributed by atoms with E-state index >= 15 is 0 Å². The number of sulfone groups is 1. The smallest absolute Gasteiger partial charge is 0.275 e. The molecule has 1 amide bonds. The molecule has 1 atom stereocenters. The number of anilines is 1. The molecule has 0 saturated carbocycles. The normalized spacial score (nSPS) is 13.8. The first-order chi connectivity index (χ1) is 16.9. The Balaban J connectivity index is 1.78. The molecule has 2 aromatic heterocycles. The van der Waals surface area contributed by atoms with E-state index in [1.54, 1.807) is 0 Å². The second-order valence-electron chi connectivity index (χ2n) is 7.59. The van der Waals surface area contributed by atoms with Crippen molar-refractivity contribution in [1.29, 1.82) is 0 Å². The molecule has 0 unspecified atom stereocenters. The number of nitrogens with zero attached hydrogens (tertiary/aromatic N) is 4. The molecule has 192 valence electrons. The SMILES string of the molecule is C/N=C(/N)S[C@](C)(Cc1cc(NC(=O)c2cnc(OCc3ncco3)cn2)cc(F)c1F)S(C)(=O)=O. The summed E-state index contributed by atoms with van der Waals surface area (Å²) >= 11 is 0.708. The van der Waals surface area contributed by atoms with Crippen molar-refractivity contribution in [2.45, 2.75) is 24.0 Å². The zero-order valence-corrected chi connectivity index (χ0v) is 21.0. The van der Waals surface area contributed by atoms with Gasteiger partial charge in [0.25, 0.3) is 5.91 Å². The second kappa shape index (κ2) is 11.0. The lowest BCUT2D eigenvalue weighted by Crippen LogP contribution is -2.36. The van der Waals surface area contributed by atoms with Crippen LogP contribution in [-0.4, -0.2) is 51.8 Å². The number of aromatic nitrogens is 3. The van der Waals surface area contributed by atoms with Crippen molar-refractivity contribution in [2.24, 2.45) is 10.7 Å². The number of aliphatic imine (C=N–C) groups is 1. The third kappa shape index (κ3) is 6.54. The van der Waals surface area contributed by atoms with Crippen molar-refractivity contribution in [2.75, 3.05) is 18.6 Å².